The molecule has 0 atom stereocenters. The second kappa shape index (κ2) is 11.8. The van der Waals surface area contributed by atoms with Crippen LogP contribution in [-0.4, -0.2) is 44.2 Å². The van der Waals surface area contributed by atoms with Gasteiger partial charge in [0.05, 0.1) is 13.7 Å². The molecule has 2 aromatic carbocycles. The van der Waals surface area contributed by atoms with Crippen LogP contribution in [0.5, 0.6) is 11.5 Å². The minimum Gasteiger partial charge on any atom is -0.493 e. The van der Waals surface area contributed by atoms with E-state index in [9.17, 15) is 4.79 Å². The summed E-state index contributed by atoms with van der Waals surface area (Å²) in [7, 11) is 1.65. The Kier molecular flexibility index (Phi) is 8.77. The highest BCUT2D eigenvalue weighted by atomic mass is 16.5. The summed E-state index contributed by atoms with van der Waals surface area (Å²) in [5, 5.41) is 3.03. The summed E-state index contributed by atoms with van der Waals surface area (Å²) in [5.74, 6) is 2.35. The van der Waals surface area contributed by atoms with E-state index in [2.05, 4.69) is 35.3 Å². The lowest BCUT2D eigenvalue weighted by Gasteiger charge is -2.30. The minimum absolute atomic E-state index is 0.0115. The van der Waals surface area contributed by atoms with Crippen molar-refractivity contribution in [2.24, 2.45) is 5.92 Å². The largest absolute Gasteiger partial charge is 0.493 e. The van der Waals surface area contributed by atoms with Gasteiger partial charge in [-0.05, 0) is 87.0 Å². The Hall–Kier alpha value is -2.53. The lowest BCUT2D eigenvalue weighted by Crippen LogP contribution is -2.32. The van der Waals surface area contributed by atoms with E-state index in [0.717, 1.165) is 42.4 Å². The molecule has 1 saturated heterocycles. The maximum atomic E-state index is 12.5. The topological polar surface area (TPSA) is 50.8 Å². The number of rotatable bonds is 10. The summed E-state index contributed by atoms with van der Waals surface area (Å²) in [4.78, 5) is 15.0. The van der Waals surface area contributed by atoms with Crippen LogP contribution in [0.1, 0.15) is 54.6 Å². The lowest BCUT2D eigenvalue weighted by atomic mass is 9.99. The number of carbonyl (C=O) groups excluding carboxylic acids is 1. The van der Waals surface area contributed by atoms with Crippen LogP contribution in [0.15, 0.2) is 42.5 Å². The maximum absolute atomic E-state index is 12.5. The van der Waals surface area contributed by atoms with Gasteiger partial charge < -0.3 is 14.8 Å². The van der Waals surface area contributed by atoms with Gasteiger partial charge in [-0.15, -0.1) is 0 Å². The molecular weight excluding hydrogens is 388 g/mol. The molecule has 3 rings (SSSR count). The number of piperidine rings is 1. The fourth-order valence-electron chi connectivity index (χ4n) is 3.98. The Morgan fingerprint density at radius 3 is 2.45 bits per heavy atom. The van der Waals surface area contributed by atoms with Crippen LogP contribution in [0.4, 0.5) is 0 Å². The van der Waals surface area contributed by atoms with Crippen LogP contribution in [0, 0.1) is 5.92 Å². The van der Waals surface area contributed by atoms with Crippen LogP contribution >= 0.6 is 0 Å². The highest BCUT2D eigenvalue weighted by Crippen LogP contribution is 2.28. The van der Waals surface area contributed by atoms with Gasteiger partial charge >= 0.3 is 0 Å². The summed E-state index contributed by atoms with van der Waals surface area (Å²) in [6, 6.07) is 14.1. The number of carbonyl (C=O) groups is 1. The van der Waals surface area contributed by atoms with Crippen molar-refractivity contribution in [2.45, 2.75) is 46.1 Å². The zero-order chi connectivity index (χ0) is 22.1. The van der Waals surface area contributed by atoms with E-state index >= 15 is 0 Å². The second-order valence-electron chi connectivity index (χ2n) is 8.43. The molecule has 0 unspecified atom stereocenters. The van der Waals surface area contributed by atoms with Crippen LogP contribution in [0.3, 0.4) is 0 Å². The van der Waals surface area contributed by atoms with Gasteiger partial charge in [0.1, 0.15) is 0 Å². The van der Waals surface area contributed by atoms with Crippen LogP contribution in [-0.2, 0) is 13.0 Å². The van der Waals surface area contributed by atoms with Crippen molar-refractivity contribution in [1.29, 1.82) is 0 Å². The Balaban J connectivity index is 1.41. The molecule has 1 aliphatic rings. The quantitative estimate of drug-likeness (QED) is 0.562. The molecule has 1 N–H and O–H groups in total. The molecule has 0 aromatic heterocycles. The number of aryl methyl sites for hydroxylation is 1. The summed E-state index contributed by atoms with van der Waals surface area (Å²) >= 11 is 0. The highest BCUT2D eigenvalue weighted by molar-refractivity contribution is 5.94. The normalized spacial score (nSPS) is 14.9. The van der Waals surface area contributed by atoms with Gasteiger partial charge in [-0.3, -0.25) is 9.69 Å². The predicted octanol–water partition coefficient (Wildman–Crippen LogP) is 4.69. The summed E-state index contributed by atoms with van der Waals surface area (Å²) in [6.45, 7) is 8.86. The van der Waals surface area contributed by atoms with Crippen molar-refractivity contribution in [3.63, 3.8) is 0 Å². The van der Waals surface area contributed by atoms with Crippen LogP contribution in [0.25, 0.3) is 0 Å². The number of ether oxygens (including phenoxy) is 2. The van der Waals surface area contributed by atoms with E-state index in [1.165, 1.54) is 37.1 Å². The summed E-state index contributed by atoms with van der Waals surface area (Å²) in [5.41, 5.74) is 3.17. The number of amides is 1. The van der Waals surface area contributed by atoms with Gasteiger partial charge in [-0.2, -0.15) is 0 Å². The Labute approximate surface area is 186 Å². The first kappa shape index (κ1) is 23.1. The molecule has 5 nitrogen and oxygen atoms in total. The first-order valence-electron chi connectivity index (χ1n) is 11.5. The monoisotopic (exact) mass is 424 g/mol. The van der Waals surface area contributed by atoms with Crippen molar-refractivity contribution in [3.05, 3.63) is 59.2 Å². The minimum atomic E-state index is -0.0115. The Morgan fingerprint density at radius 1 is 1.06 bits per heavy atom. The summed E-state index contributed by atoms with van der Waals surface area (Å²) in [6.07, 6.45) is 4.30. The highest BCUT2D eigenvalue weighted by Gasteiger charge is 2.15. The first-order chi connectivity index (χ1) is 15.1. The van der Waals surface area contributed by atoms with Gasteiger partial charge in [0.15, 0.2) is 11.5 Å². The average Bonchev–Trinajstić information content (AvgIpc) is 2.79. The molecule has 31 heavy (non-hydrogen) atoms. The van der Waals surface area contributed by atoms with E-state index in [-0.39, 0.29) is 5.91 Å². The lowest BCUT2D eigenvalue weighted by molar-refractivity contribution is 0.0953. The second-order valence-corrected chi connectivity index (χ2v) is 8.43. The van der Waals surface area contributed by atoms with Crippen molar-refractivity contribution >= 4 is 5.91 Å². The molecule has 0 spiro atoms. The van der Waals surface area contributed by atoms with E-state index in [1.54, 1.807) is 7.11 Å². The number of nitrogens with zero attached hydrogens (tertiary/aromatic N) is 1. The molecule has 2 aromatic rings. The van der Waals surface area contributed by atoms with Crippen molar-refractivity contribution in [2.75, 3.05) is 33.4 Å². The fourth-order valence-corrected chi connectivity index (χ4v) is 3.98. The van der Waals surface area contributed by atoms with Crippen LogP contribution < -0.4 is 14.8 Å². The van der Waals surface area contributed by atoms with Crippen molar-refractivity contribution in [1.82, 2.24) is 10.2 Å². The molecule has 168 valence electrons. The maximum Gasteiger partial charge on any atom is 0.251 e. The molecule has 5 heteroatoms. The SMILES string of the molecule is CCOc1ccc(CCCNC(=O)c2ccc(CN3CCC(C)CC3)cc2)cc1OC. The molecule has 0 saturated carbocycles. The van der Waals surface area contributed by atoms with E-state index in [0.29, 0.717) is 13.2 Å². The van der Waals surface area contributed by atoms with Gasteiger partial charge in [0.25, 0.3) is 5.91 Å². The van der Waals surface area contributed by atoms with Crippen molar-refractivity contribution in [3.8, 4) is 11.5 Å². The molecular formula is C26H36N2O3. The number of methoxy groups -OCH3 is 1. The van der Waals surface area contributed by atoms with E-state index < -0.39 is 0 Å². The van der Waals surface area contributed by atoms with E-state index in [1.807, 2.05) is 31.2 Å². The molecule has 0 bridgehead atoms. The fraction of sp³-hybridized carbons (Fsp3) is 0.500. The van der Waals surface area contributed by atoms with E-state index in [4.69, 9.17) is 9.47 Å². The number of benzene rings is 2. The average molecular weight is 425 g/mol. The molecule has 1 aliphatic heterocycles. The number of hydrogen-bond donors (Lipinski definition) is 1. The third-order valence-corrected chi connectivity index (χ3v) is 5.95. The smallest absolute Gasteiger partial charge is 0.251 e. The van der Waals surface area contributed by atoms with Gasteiger partial charge in [-0.1, -0.05) is 25.1 Å². The zero-order valence-electron chi connectivity index (χ0n) is 19.2. The molecule has 0 radical (unpaired) electrons. The summed E-state index contributed by atoms with van der Waals surface area (Å²) < 4.78 is 11.0. The Morgan fingerprint density at radius 2 is 1.77 bits per heavy atom. The van der Waals surface area contributed by atoms with Gasteiger partial charge in [-0.25, -0.2) is 0 Å². The molecule has 1 heterocycles. The van der Waals surface area contributed by atoms with Crippen LogP contribution in [0.2, 0.25) is 0 Å². The standard InChI is InChI=1S/C26H36N2O3/c1-4-31-24-12-9-21(18-25(24)30-3)6-5-15-27-26(29)23-10-7-22(8-11-23)19-28-16-13-20(2)14-17-28/h7-12,18,20H,4-6,13-17,19H2,1-3H3,(H,27,29). The number of nitrogens with one attached hydrogen (secondary N) is 1. The molecule has 1 fully saturated rings. The first-order valence-corrected chi connectivity index (χ1v) is 11.5. The number of hydrogen-bond acceptors (Lipinski definition) is 4. The van der Waals surface area contributed by atoms with Crippen molar-refractivity contribution < 1.29 is 14.3 Å². The number of likely N-dealkylation sites (tertiary alicyclic amines) is 1. The predicted molar refractivity (Wildman–Crippen MR) is 125 cm³/mol. The van der Waals surface area contributed by atoms with Gasteiger partial charge in [0, 0.05) is 18.7 Å². The third-order valence-electron chi connectivity index (χ3n) is 5.95. The third kappa shape index (κ3) is 7.00. The molecule has 0 aliphatic carbocycles. The Bertz CT molecular complexity index is 827. The molecule has 1 amide bonds. The van der Waals surface area contributed by atoms with Gasteiger partial charge in [0.2, 0.25) is 0 Å². The zero-order valence-corrected chi connectivity index (χ0v) is 19.2.